The van der Waals surface area contributed by atoms with Gasteiger partial charge in [-0.2, -0.15) is 0 Å². The van der Waals surface area contributed by atoms with Crippen molar-refractivity contribution < 1.29 is 44.1 Å². The number of hydrogen-bond acceptors (Lipinski definition) is 7. The lowest BCUT2D eigenvalue weighted by molar-refractivity contribution is -0.140. The summed E-state index contributed by atoms with van der Waals surface area (Å²) < 4.78 is 0. The van der Waals surface area contributed by atoms with Crippen molar-refractivity contribution in [1.29, 1.82) is 0 Å². The summed E-state index contributed by atoms with van der Waals surface area (Å²) in [6.07, 6.45) is -1.26. The molecule has 0 spiro atoms. The van der Waals surface area contributed by atoms with Crippen LogP contribution in [0.25, 0.3) is 0 Å². The third-order valence-corrected chi connectivity index (χ3v) is 3.95. The Morgan fingerprint density at radius 3 is 1.77 bits per heavy atom. The summed E-state index contributed by atoms with van der Waals surface area (Å²) in [5.74, 6) is -6.59. The van der Waals surface area contributed by atoms with E-state index in [0.29, 0.717) is 0 Å². The van der Waals surface area contributed by atoms with Gasteiger partial charge in [0, 0.05) is 12.8 Å². The fourth-order valence-electron chi connectivity index (χ4n) is 2.29. The van der Waals surface area contributed by atoms with Crippen LogP contribution in [-0.2, 0) is 28.8 Å². The predicted octanol–water partition coefficient (Wildman–Crippen LogP) is -2.13. The third kappa shape index (κ3) is 10.9. The van der Waals surface area contributed by atoms with Crippen LogP contribution in [0.2, 0.25) is 0 Å². The Balaban J connectivity index is 5.18. The van der Waals surface area contributed by atoms with Crippen LogP contribution >= 0.6 is 0 Å². The molecule has 13 heteroatoms. The van der Waals surface area contributed by atoms with Crippen molar-refractivity contribution >= 4 is 35.6 Å². The molecule has 0 aromatic carbocycles. The van der Waals surface area contributed by atoms with Crippen molar-refractivity contribution in [2.45, 2.75) is 57.7 Å². The summed E-state index contributed by atoms with van der Waals surface area (Å²) in [4.78, 5) is 68.9. The maximum Gasteiger partial charge on any atom is 0.322 e. The van der Waals surface area contributed by atoms with Crippen LogP contribution in [0.4, 0.5) is 0 Å². The first-order valence-electron chi connectivity index (χ1n) is 9.14. The van der Waals surface area contributed by atoms with Gasteiger partial charge in [0.2, 0.25) is 17.7 Å². The summed E-state index contributed by atoms with van der Waals surface area (Å²) in [7, 11) is 0. The first-order chi connectivity index (χ1) is 13.8. The van der Waals surface area contributed by atoms with Gasteiger partial charge in [-0.15, -0.1) is 0 Å². The summed E-state index contributed by atoms with van der Waals surface area (Å²) in [6.45, 7) is 2.48. The van der Waals surface area contributed by atoms with E-state index in [9.17, 15) is 28.8 Å². The smallest absolute Gasteiger partial charge is 0.322 e. The molecule has 3 amide bonds. The zero-order valence-electron chi connectivity index (χ0n) is 16.7. The van der Waals surface area contributed by atoms with Crippen molar-refractivity contribution in [3.63, 3.8) is 0 Å². The maximum absolute atomic E-state index is 12.6. The molecule has 0 bridgehead atoms. The van der Waals surface area contributed by atoms with Crippen LogP contribution in [0, 0.1) is 5.92 Å². The predicted molar refractivity (Wildman–Crippen MR) is 101 cm³/mol. The van der Waals surface area contributed by atoms with E-state index in [2.05, 4.69) is 16.0 Å². The van der Waals surface area contributed by atoms with E-state index in [-0.39, 0.29) is 19.3 Å². The highest BCUT2D eigenvalue weighted by atomic mass is 16.4. The van der Waals surface area contributed by atoms with E-state index < -0.39 is 72.6 Å². The normalized spacial score (nSPS) is 13.6. The lowest BCUT2D eigenvalue weighted by atomic mass is 10.0. The van der Waals surface area contributed by atoms with Crippen LogP contribution in [-0.4, -0.2) is 75.6 Å². The highest BCUT2D eigenvalue weighted by Gasteiger charge is 2.30. The van der Waals surface area contributed by atoms with Crippen LogP contribution in [0.5, 0.6) is 0 Å². The Bertz CT molecular complexity index is 666. The molecule has 3 unspecified atom stereocenters. The lowest BCUT2D eigenvalue weighted by Crippen LogP contribution is -2.57. The number of carboxylic acid groups (broad SMARTS) is 3. The number of amides is 3. The molecule has 30 heavy (non-hydrogen) atoms. The molecule has 0 aromatic heterocycles. The average molecular weight is 432 g/mol. The number of carbonyl (C=O) groups excluding carboxylic acids is 3. The molecule has 0 aliphatic rings. The van der Waals surface area contributed by atoms with Crippen LogP contribution < -0.4 is 21.7 Å². The highest BCUT2D eigenvalue weighted by molar-refractivity contribution is 5.94. The monoisotopic (exact) mass is 432 g/mol. The molecule has 0 heterocycles. The van der Waals surface area contributed by atoms with Gasteiger partial charge in [0.25, 0.3) is 0 Å². The van der Waals surface area contributed by atoms with Crippen molar-refractivity contribution in [3.05, 3.63) is 0 Å². The summed E-state index contributed by atoms with van der Waals surface area (Å²) >= 11 is 0. The molecule has 0 fully saturated rings. The first-order valence-corrected chi connectivity index (χ1v) is 9.14. The zero-order chi connectivity index (χ0) is 23.4. The Labute approximate surface area is 172 Å². The van der Waals surface area contributed by atoms with Gasteiger partial charge in [0.1, 0.15) is 18.6 Å². The topological polar surface area (TPSA) is 225 Å². The Morgan fingerprint density at radius 1 is 0.767 bits per heavy atom. The van der Waals surface area contributed by atoms with E-state index >= 15 is 0 Å². The Hall–Kier alpha value is -3.22. The molecule has 0 saturated heterocycles. The van der Waals surface area contributed by atoms with E-state index in [1.807, 2.05) is 0 Å². The van der Waals surface area contributed by atoms with Crippen LogP contribution in [0.15, 0.2) is 0 Å². The lowest BCUT2D eigenvalue weighted by Gasteiger charge is -2.26. The molecule has 0 radical (unpaired) electrons. The van der Waals surface area contributed by atoms with Gasteiger partial charge >= 0.3 is 17.9 Å². The number of hydrogen-bond donors (Lipinski definition) is 7. The van der Waals surface area contributed by atoms with Gasteiger partial charge in [-0.1, -0.05) is 13.8 Å². The van der Waals surface area contributed by atoms with Gasteiger partial charge in [0.15, 0.2) is 0 Å². The number of rotatable bonds is 14. The molecular weight excluding hydrogens is 404 g/mol. The minimum Gasteiger partial charge on any atom is -0.481 e. The first kappa shape index (κ1) is 26.8. The van der Waals surface area contributed by atoms with Crippen LogP contribution in [0.3, 0.4) is 0 Å². The van der Waals surface area contributed by atoms with Crippen molar-refractivity contribution in [2.24, 2.45) is 11.7 Å². The molecular formula is C17H28N4O9. The largest absolute Gasteiger partial charge is 0.481 e. The molecule has 8 N–H and O–H groups in total. The number of nitrogens with one attached hydrogen (secondary N) is 3. The van der Waals surface area contributed by atoms with Gasteiger partial charge in [-0.3, -0.25) is 28.8 Å². The molecule has 3 atom stereocenters. The number of aliphatic carboxylic acids is 3. The van der Waals surface area contributed by atoms with E-state index in [1.54, 1.807) is 13.8 Å². The standard InChI is InChI=1S/C17H28N4O9/c1-8(2)14(21-15(28)9(18)3-5-11(22)23)17(30)20-10(4-6-12(24)25)16(29)19-7-13(26)27/h8-10,14H,3-7,18H2,1-2H3,(H,19,29)(H,20,30)(H,21,28)(H,22,23)(H,24,25)(H,26,27). The molecule has 0 rings (SSSR count). The van der Waals surface area contributed by atoms with Crippen molar-refractivity contribution in [3.8, 4) is 0 Å². The van der Waals surface area contributed by atoms with E-state index in [0.717, 1.165) is 0 Å². The minimum absolute atomic E-state index is 0.146. The molecule has 0 saturated carbocycles. The average Bonchev–Trinajstić information content (AvgIpc) is 2.64. The molecule has 13 nitrogen and oxygen atoms in total. The fourth-order valence-corrected chi connectivity index (χ4v) is 2.29. The highest BCUT2D eigenvalue weighted by Crippen LogP contribution is 2.06. The molecule has 0 aliphatic carbocycles. The number of nitrogens with two attached hydrogens (primary N) is 1. The van der Waals surface area contributed by atoms with E-state index in [4.69, 9.17) is 21.1 Å². The quantitative estimate of drug-likeness (QED) is 0.158. The number of carbonyl (C=O) groups is 6. The third-order valence-electron chi connectivity index (χ3n) is 3.95. The van der Waals surface area contributed by atoms with Crippen molar-refractivity contribution in [1.82, 2.24) is 16.0 Å². The summed E-state index contributed by atoms with van der Waals surface area (Å²) in [5, 5.41) is 32.9. The molecule has 0 aliphatic heterocycles. The summed E-state index contributed by atoms with van der Waals surface area (Å²) in [6, 6.07) is -3.66. The van der Waals surface area contributed by atoms with Crippen LogP contribution in [0.1, 0.15) is 39.5 Å². The van der Waals surface area contributed by atoms with Gasteiger partial charge in [-0.05, 0) is 18.8 Å². The Kier molecular flexibility index (Phi) is 11.7. The van der Waals surface area contributed by atoms with Crippen molar-refractivity contribution in [2.75, 3.05) is 6.54 Å². The number of carboxylic acids is 3. The second-order valence-corrected chi connectivity index (χ2v) is 6.87. The second kappa shape index (κ2) is 13.1. The SMILES string of the molecule is CC(C)C(NC(=O)C(N)CCC(=O)O)C(=O)NC(CCC(=O)O)C(=O)NCC(=O)O. The summed E-state index contributed by atoms with van der Waals surface area (Å²) in [5.41, 5.74) is 5.62. The second-order valence-electron chi connectivity index (χ2n) is 6.87. The maximum atomic E-state index is 12.6. The Morgan fingerprint density at radius 2 is 1.30 bits per heavy atom. The fraction of sp³-hybridized carbons (Fsp3) is 0.647. The minimum atomic E-state index is -1.34. The zero-order valence-corrected chi connectivity index (χ0v) is 16.7. The molecule has 170 valence electrons. The van der Waals surface area contributed by atoms with Gasteiger partial charge < -0.3 is 37.0 Å². The molecule has 0 aromatic rings. The van der Waals surface area contributed by atoms with E-state index in [1.165, 1.54) is 0 Å². The van der Waals surface area contributed by atoms with Gasteiger partial charge in [0.05, 0.1) is 6.04 Å². The van der Waals surface area contributed by atoms with Gasteiger partial charge in [-0.25, -0.2) is 0 Å².